The van der Waals surface area contributed by atoms with E-state index in [0.29, 0.717) is 12.2 Å². The van der Waals surface area contributed by atoms with Crippen LogP contribution in [0, 0.1) is 0 Å². The molecule has 0 atom stereocenters. The van der Waals surface area contributed by atoms with Gasteiger partial charge in [0.1, 0.15) is 6.29 Å². The Kier molecular flexibility index (Phi) is 1.59. The molecule has 0 radical (unpaired) electrons. The van der Waals surface area contributed by atoms with Gasteiger partial charge in [-0.1, -0.05) is 0 Å². The van der Waals surface area contributed by atoms with Crippen molar-refractivity contribution in [1.29, 1.82) is 0 Å². The average molecular weight is 161 g/mol. The van der Waals surface area contributed by atoms with E-state index in [-0.39, 0.29) is 0 Å². The van der Waals surface area contributed by atoms with Crippen molar-refractivity contribution in [3.63, 3.8) is 0 Å². The minimum absolute atomic E-state index is 0.382. The molecule has 4 heteroatoms. The third-order valence-electron chi connectivity index (χ3n) is 1.66. The molecule has 0 unspecified atom stereocenters. The average Bonchev–Trinajstić information content (AvgIpc) is 2.50. The number of carbonyl (C=O) groups is 1. The number of imidazole rings is 1. The number of aromatic nitrogens is 3. The molecule has 0 N–H and O–H groups in total. The van der Waals surface area contributed by atoms with Gasteiger partial charge in [0, 0.05) is 18.8 Å². The van der Waals surface area contributed by atoms with Crippen LogP contribution in [0.3, 0.4) is 0 Å². The topological polar surface area (TPSA) is 47.3 Å². The fraction of sp³-hybridized carbons (Fsp3) is 0.125. The fourth-order valence-electron chi connectivity index (χ4n) is 1.11. The number of hydrogen-bond acceptors (Lipinski definition) is 3. The van der Waals surface area contributed by atoms with Gasteiger partial charge in [0.05, 0.1) is 11.9 Å². The molecule has 2 aromatic heterocycles. The van der Waals surface area contributed by atoms with E-state index in [2.05, 4.69) is 9.97 Å². The van der Waals surface area contributed by atoms with Crippen molar-refractivity contribution in [2.45, 2.75) is 6.42 Å². The summed E-state index contributed by atoms with van der Waals surface area (Å²) in [6, 6.07) is 1.81. The maximum Gasteiger partial charge on any atom is 0.233 e. The molecule has 0 bridgehead atoms. The Morgan fingerprint density at radius 2 is 2.42 bits per heavy atom. The molecule has 0 amide bonds. The first kappa shape index (κ1) is 6.97. The Morgan fingerprint density at radius 1 is 1.50 bits per heavy atom. The van der Waals surface area contributed by atoms with E-state index in [1.54, 1.807) is 16.8 Å². The summed E-state index contributed by atoms with van der Waals surface area (Å²) in [5.74, 6) is 0.634. The Balaban J connectivity index is 2.62. The maximum atomic E-state index is 10.3. The van der Waals surface area contributed by atoms with Crippen LogP contribution in [-0.4, -0.2) is 20.7 Å². The van der Waals surface area contributed by atoms with Crippen molar-refractivity contribution < 1.29 is 4.79 Å². The van der Waals surface area contributed by atoms with Crippen molar-refractivity contribution >= 4 is 12.1 Å². The van der Waals surface area contributed by atoms with Gasteiger partial charge in [0.2, 0.25) is 5.78 Å². The van der Waals surface area contributed by atoms with Crippen molar-refractivity contribution in [2.24, 2.45) is 0 Å². The molecule has 0 spiro atoms. The second-order valence-electron chi connectivity index (χ2n) is 2.41. The second-order valence-corrected chi connectivity index (χ2v) is 2.41. The zero-order chi connectivity index (χ0) is 8.39. The predicted octanol–water partition coefficient (Wildman–Crippen LogP) is 0.471. The van der Waals surface area contributed by atoms with Crippen molar-refractivity contribution in [3.05, 3.63) is 30.4 Å². The van der Waals surface area contributed by atoms with Crippen LogP contribution in [0.4, 0.5) is 0 Å². The van der Waals surface area contributed by atoms with E-state index in [9.17, 15) is 4.79 Å². The molecular formula is C8H7N3O. The minimum Gasteiger partial charge on any atom is -0.303 e. The smallest absolute Gasteiger partial charge is 0.233 e. The van der Waals surface area contributed by atoms with Crippen LogP contribution in [-0.2, 0) is 11.2 Å². The van der Waals surface area contributed by atoms with Crippen LogP contribution in [0.5, 0.6) is 0 Å². The number of hydrogen-bond donors (Lipinski definition) is 0. The Hall–Kier alpha value is -1.71. The summed E-state index contributed by atoms with van der Waals surface area (Å²) in [7, 11) is 0. The number of rotatable bonds is 2. The molecule has 2 heterocycles. The van der Waals surface area contributed by atoms with Crippen molar-refractivity contribution in [1.82, 2.24) is 14.4 Å². The lowest BCUT2D eigenvalue weighted by molar-refractivity contribution is -0.107. The summed E-state index contributed by atoms with van der Waals surface area (Å²) in [4.78, 5) is 18.3. The molecule has 0 aliphatic rings. The molecule has 4 nitrogen and oxygen atoms in total. The van der Waals surface area contributed by atoms with Gasteiger partial charge in [-0.05, 0) is 6.07 Å². The van der Waals surface area contributed by atoms with E-state index in [1.165, 1.54) is 0 Å². The third kappa shape index (κ3) is 0.972. The lowest BCUT2D eigenvalue weighted by atomic mass is 10.4. The third-order valence-corrected chi connectivity index (χ3v) is 1.66. The summed E-state index contributed by atoms with van der Waals surface area (Å²) < 4.78 is 1.80. The van der Waals surface area contributed by atoms with E-state index >= 15 is 0 Å². The van der Waals surface area contributed by atoms with Gasteiger partial charge >= 0.3 is 0 Å². The zero-order valence-corrected chi connectivity index (χ0v) is 6.34. The molecule has 60 valence electrons. The zero-order valence-electron chi connectivity index (χ0n) is 6.34. The Labute approximate surface area is 68.9 Å². The number of nitrogens with zero attached hydrogens (tertiary/aromatic N) is 3. The Bertz CT molecular complexity index is 407. The SMILES string of the molecule is O=CCc1cnc2ncccn12. The first-order chi connectivity index (χ1) is 5.92. The molecule has 0 saturated heterocycles. The maximum absolute atomic E-state index is 10.3. The van der Waals surface area contributed by atoms with E-state index < -0.39 is 0 Å². The number of aldehydes is 1. The highest BCUT2D eigenvalue weighted by atomic mass is 16.1. The van der Waals surface area contributed by atoms with Gasteiger partial charge in [-0.2, -0.15) is 0 Å². The van der Waals surface area contributed by atoms with E-state index in [1.807, 2.05) is 12.3 Å². The normalized spacial score (nSPS) is 10.3. The van der Waals surface area contributed by atoms with Crippen LogP contribution in [0.1, 0.15) is 5.69 Å². The summed E-state index contributed by atoms with van der Waals surface area (Å²) in [5.41, 5.74) is 0.869. The van der Waals surface area contributed by atoms with Crippen LogP contribution >= 0.6 is 0 Å². The highest BCUT2D eigenvalue weighted by Crippen LogP contribution is 2.02. The molecule has 0 fully saturated rings. The van der Waals surface area contributed by atoms with Gasteiger partial charge in [-0.3, -0.25) is 4.40 Å². The lowest BCUT2D eigenvalue weighted by Gasteiger charge is -1.93. The molecule has 12 heavy (non-hydrogen) atoms. The fourth-order valence-corrected chi connectivity index (χ4v) is 1.11. The molecule has 0 aromatic carbocycles. The predicted molar refractivity (Wildman–Crippen MR) is 42.8 cm³/mol. The molecule has 0 aliphatic heterocycles. The van der Waals surface area contributed by atoms with Crippen molar-refractivity contribution in [3.8, 4) is 0 Å². The Morgan fingerprint density at radius 3 is 3.25 bits per heavy atom. The molecular weight excluding hydrogens is 154 g/mol. The van der Waals surface area contributed by atoms with Gasteiger partial charge in [0.25, 0.3) is 0 Å². The highest BCUT2D eigenvalue weighted by Gasteiger charge is 2.00. The summed E-state index contributed by atoms with van der Waals surface area (Å²) in [6.07, 6.45) is 6.42. The summed E-state index contributed by atoms with van der Waals surface area (Å²) >= 11 is 0. The van der Waals surface area contributed by atoms with Crippen LogP contribution in [0.25, 0.3) is 5.78 Å². The van der Waals surface area contributed by atoms with Crippen LogP contribution in [0.15, 0.2) is 24.7 Å². The van der Waals surface area contributed by atoms with Crippen LogP contribution < -0.4 is 0 Å². The van der Waals surface area contributed by atoms with Gasteiger partial charge in [0.15, 0.2) is 0 Å². The van der Waals surface area contributed by atoms with Gasteiger partial charge < -0.3 is 4.79 Å². The monoisotopic (exact) mass is 161 g/mol. The molecule has 2 aromatic rings. The first-order valence-electron chi connectivity index (χ1n) is 3.62. The van der Waals surface area contributed by atoms with Gasteiger partial charge in [-0.15, -0.1) is 0 Å². The summed E-state index contributed by atoms with van der Waals surface area (Å²) in [6.45, 7) is 0. The lowest BCUT2D eigenvalue weighted by Crippen LogP contribution is -1.93. The van der Waals surface area contributed by atoms with Crippen LogP contribution in [0.2, 0.25) is 0 Å². The quantitative estimate of drug-likeness (QED) is 0.601. The summed E-state index contributed by atoms with van der Waals surface area (Å²) in [5, 5.41) is 0. The molecule has 0 aliphatic carbocycles. The molecule has 0 saturated carbocycles. The number of fused-ring (bicyclic) bond motifs is 1. The largest absolute Gasteiger partial charge is 0.303 e. The first-order valence-corrected chi connectivity index (χ1v) is 3.62. The molecule has 2 rings (SSSR count). The van der Waals surface area contributed by atoms with E-state index in [4.69, 9.17) is 0 Å². The van der Waals surface area contributed by atoms with Gasteiger partial charge in [-0.25, -0.2) is 9.97 Å². The van der Waals surface area contributed by atoms with Crippen molar-refractivity contribution in [2.75, 3.05) is 0 Å². The second kappa shape index (κ2) is 2.73. The highest BCUT2D eigenvalue weighted by molar-refractivity contribution is 5.54. The van der Waals surface area contributed by atoms with E-state index in [0.717, 1.165) is 12.0 Å². The minimum atomic E-state index is 0.382. The number of carbonyl (C=O) groups excluding carboxylic acids is 1. The standard InChI is InChI=1S/C8H7N3O/c12-5-2-7-6-10-8-9-3-1-4-11(7)8/h1,3-6H,2H2.